The molecule has 1 unspecified atom stereocenters. The van der Waals surface area contributed by atoms with E-state index in [1.165, 1.54) is 16.2 Å². The zero-order valence-electron chi connectivity index (χ0n) is 11.7. The Morgan fingerprint density at radius 2 is 2.35 bits per heavy atom. The van der Waals surface area contributed by atoms with Crippen LogP contribution in [-0.4, -0.2) is 15.5 Å². The smallest absolute Gasteiger partial charge is 0.123 e. The molecule has 0 fully saturated rings. The molecular formula is C15H18FN3S. The van der Waals surface area contributed by atoms with Gasteiger partial charge < -0.3 is 5.32 Å². The molecule has 20 heavy (non-hydrogen) atoms. The number of aromatic nitrogens is 2. The number of aryl methyl sites for hydroxylation is 1. The van der Waals surface area contributed by atoms with Crippen LogP contribution < -0.4 is 5.32 Å². The van der Waals surface area contributed by atoms with Gasteiger partial charge in [0.25, 0.3) is 0 Å². The minimum Gasteiger partial charge on any atom is -0.306 e. The van der Waals surface area contributed by atoms with Gasteiger partial charge in [-0.1, -0.05) is 0 Å². The number of nitrogens with zero attached hydrogens (tertiary/aromatic N) is 2. The molecule has 2 heterocycles. The zero-order valence-corrected chi connectivity index (χ0v) is 12.5. The minimum atomic E-state index is -0.157. The largest absolute Gasteiger partial charge is 0.306 e. The summed E-state index contributed by atoms with van der Waals surface area (Å²) >= 11 is 1.81. The van der Waals surface area contributed by atoms with Gasteiger partial charge in [0.1, 0.15) is 5.82 Å². The first-order chi connectivity index (χ1) is 9.65. The fourth-order valence-electron chi connectivity index (χ4n) is 2.53. The maximum Gasteiger partial charge on any atom is 0.123 e. The summed E-state index contributed by atoms with van der Waals surface area (Å²) in [7, 11) is 1.95. The Balaban J connectivity index is 1.76. The van der Waals surface area contributed by atoms with Crippen molar-refractivity contribution < 1.29 is 4.39 Å². The topological polar surface area (TPSA) is 29.9 Å². The fraction of sp³-hybridized carbons (Fsp3) is 0.400. The summed E-state index contributed by atoms with van der Waals surface area (Å²) < 4.78 is 15.3. The molecule has 1 aromatic carbocycles. The molecule has 5 heteroatoms. The van der Waals surface area contributed by atoms with Gasteiger partial charge in [-0.25, -0.2) is 4.39 Å². The standard InChI is InChI=1S/C15H18FN3S/c1-10-11(9-18-19(10)2)8-17-14-5-6-20-15-4-3-12(16)7-13(14)15/h3-4,7,9,14,17H,5-6,8H2,1-2H3. The van der Waals surface area contributed by atoms with Crippen LogP contribution in [0.5, 0.6) is 0 Å². The molecule has 0 bridgehead atoms. The molecule has 3 rings (SSSR count). The highest BCUT2D eigenvalue weighted by Crippen LogP contribution is 2.36. The third-order valence-corrected chi connectivity index (χ3v) is 5.01. The van der Waals surface area contributed by atoms with Crippen LogP contribution >= 0.6 is 11.8 Å². The highest BCUT2D eigenvalue weighted by atomic mass is 32.2. The lowest BCUT2D eigenvalue weighted by Crippen LogP contribution is -2.24. The highest BCUT2D eigenvalue weighted by molar-refractivity contribution is 7.99. The third kappa shape index (κ3) is 2.60. The van der Waals surface area contributed by atoms with Crippen molar-refractivity contribution in [3.63, 3.8) is 0 Å². The number of hydrogen-bond acceptors (Lipinski definition) is 3. The van der Waals surface area contributed by atoms with Crippen molar-refractivity contribution in [1.82, 2.24) is 15.1 Å². The Hall–Kier alpha value is -1.33. The molecule has 0 spiro atoms. The molecule has 1 atom stereocenters. The summed E-state index contributed by atoms with van der Waals surface area (Å²) in [5, 5.41) is 7.79. The first kappa shape index (κ1) is 13.6. The van der Waals surface area contributed by atoms with Crippen molar-refractivity contribution in [1.29, 1.82) is 0 Å². The Morgan fingerprint density at radius 1 is 1.50 bits per heavy atom. The van der Waals surface area contributed by atoms with Gasteiger partial charge in [0.15, 0.2) is 0 Å². The lowest BCUT2D eigenvalue weighted by Gasteiger charge is -2.26. The van der Waals surface area contributed by atoms with Gasteiger partial charge in [0.2, 0.25) is 0 Å². The molecule has 0 radical (unpaired) electrons. The van der Waals surface area contributed by atoms with E-state index in [1.54, 1.807) is 23.9 Å². The van der Waals surface area contributed by atoms with Crippen LogP contribution in [0.25, 0.3) is 0 Å². The Labute approximate surface area is 122 Å². The molecule has 106 valence electrons. The molecule has 0 saturated carbocycles. The van der Waals surface area contributed by atoms with Gasteiger partial charge >= 0.3 is 0 Å². The van der Waals surface area contributed by atoms with Crippen LogP contribution in [0.1, 0.15) is 29.3 Å². The van der Waals surface area contributed by atoms with Gasteiger partial charge in [0, 0.05) is 35.8 Å². The van der Waals surface area contributed by atoms with E-state index in [9.17, 15) is 4.39 Å². The van der Waals surface area contributed by atoms with E-state index in [-0.39, 0.29) is 11.9 Å². The van der Waals surface area contributed by atoms with Crippen molar-refractivity contribution in [2.24, 2.45) is 7.05 Å². The van der Waals surface area contributed by atoms with E-state index < -0.39 is 0 Å². The van der Waals surface area contributed by atoms with Gasteiger partial charge in [-0.2, -0.15) is 5.10 Å². The Bertz CT molecular complexity index is 624. The number of nitrogens with one attached hydrogen (secondary N) is 1. The summed E-state index contributed by atoms with van der Waals surface area (Å²) in [6.45, 7) is 2.83. The molecule has 0 aliphatic carbocycles. The van der Waals surface area contributed by atoms with Crippen LogP contribution in [0, 0.1) is 12.7 Å². The zero-order chi connectivity index (χ0) is 14.1. The van der Waals surface area contributed by atoms with E-state index in [0.29, 0.717) is 0 Å². The van der Waals surface area contributed by atoms with Gasteiger partial charge in [-0.15, -0.1) is 11.8 Å². The van der Waals surface area contributed by atoms with E-state index in [1.807, 2.05) is 24.0 Å². The Morgan fingerprint density at radius 3 is 3.10 bits per heavy atom. The maximum atomic E-state index is 13.4. The number of hydrogen-bond donors (Lipinski definition) is 1. The van der Waals surface area contributed by atoms with E-state index in [0.717, 1.165) is 24.3 Å². The molecule has 0 amide bonds. The molecule has 1 aromatic heterocycles. The van der Waals surface area contributed by atoms with Crippen LogP contribution in [0.3, 0.4) is 0 Å². The number of thioether (sulfide) groups is 1. The lowest BCUT2D eigenvalue weighted by atomic mass is 10.0. The van der Waals surface area contributed by atoms with Crippen LogP contribution in [0.15, 0.2) is 29.3 Å². The number of halogens is 1. The summed E-state index contributed by atoms with van der Waals surface area (Å²) in [5.41, 5.74) is 3.45. The maximum absolute atomic E-state index is 13.4. The molecule has 2 aromatic rings. The monoisotopic (exact) mass is 291 g/mol. The second-order valence-corrected chi connectivity index (χ2v) is 6.27. The van der Waals surface area contributed by atoms with E-state index in [2.05, 4.69) is 17.3 Å². The van der Waals surface area contributed by atoms with Crippen molar-refractivity contribution in [3.8, 4) is 0 Å². The van der Waals surface area contributed by atoms with Crippen LogP contribution in [-0.2, 0) is 13.6 Å². The van der Waals surface area contributed by atoms with Crippen LogP contribution in [0.2, 0.25) is 0 Å². The first-order valence-electron chi connectivity index (χ1n) is 6.78. The van der Waals surface area contributed by atoms with Crippen molar-refractivity contribution in [3.05, 3.63) is 47.0 Å². The number of benzene rings is 1. The quantitative estimate of drug-likeness (QED) is 0.942. The second-order valence-electron chi connectivity index (χ2n) is 5.13. The highest BCUT2D eigenvalue weighted by Gasteiger charge is 2.21. The summed E-state index contributed by atoms with van der Waals surface area (Å²) in [4.78, 5) is 1.19. The number of rotatable bonds is 3. The molecule has 0 saturated heterocycles. The average molecular weight is 291 g/mol. The van der Waals surface area contributed by atoms with Gasteiger partial charge in [0.05, 0.1) is 6.20 Å². The molecule has 3 nitrogen and oxygen atoms in total. The van der Waals surface area contributed by atoms with Crippen molar-refractivity contribution in [2.45, 2.75) is 30.8 Å². The van der Waals surface area contributed by atoms with Crippen molar-refractivity contribution >= 4 is 11.8 Å². The van der Waals surface area contributed by atoms with Gasteiger partial charge in [-0.3, -0.25) is 4.68 Å². The molecule has 1 N–H and O–H groups in total. The van der Waals surface area contributed by atoms with Crippen LogP contribution in [0.4, 0.5) is 4.39 Å². The predicted molar refractivity (Wildman–Crippen MR) is 79.3 cm³/mol. The van der Waals surface area contributed by atoms with Crippen molar-refractivity contribution in [2.75, 3.05) is 5.75 Å². The summed E-state index contributed by atoms with van der Waals surface area (Å²) in [6.07, 6.45) is 2.92. The normalized spacial score (nSPS) is 18.1. The van der Waals surface area contributed by atoms with Gasteiger partial charge in [-0.05, 0) is 42.9 Å². The minimum absolute atomic E-state index is 0.157. The molecule has 1 aliphatic heterocycles. The predicted octanol–water partition coefficient (Wildman–Crippen LogP) is 3.19. The lowest BCUT2D eigenvalue weighted by molar-refractivity contribution is 0.503. The molecule has 1 aliphatic rings. The Kier molecular flexibility index (Phi) is 3.81. The number of fused-ring (bicyclic) bond motifs is 1. The van der Waals surface area contributed by atoms with E-state index >= 15 is 0 Å². The third-order valence-electron chi connectivity index (χ3n) is 3.89. The first-order valence-corrected chi connectivity index (χ1v) is 7.77. The van der Waals surface area contributed by atoms with E-state index in [4.69, 9.17) is 0 Å². The second kappa shape index (κ2) is 5.58. The summed E-state index contributed by atoms with van der Waals surface area (Å²) in [6, 6.07) is 5.31. The summed E-state index contributed by atoms with van der Waals surface area (Å²) in [5.74, 6) is 0.915. The molecular weight excluding hydrogens is 273 g/mol. The fourth-order valence-corrected chi connectivity index (χ4v) is 3.63. The average Bonchev–Trinajstić information content (AvgIpc) is 2.76. The SMILES string of the molecule is Cc1c(CNC2CCSc3ccc(F)cc32)cnn1C.